The monoisotopic (exact) mass is 192 g/mol. The van der Waals surface area contributed by atoms with Gasteiger partial charge in [-0.25, -0.2) is 0 Å². The van der Waals surface area contributed by atoms with Gasteiger partial charge >= 0.3 is 17.1 Å². The molecule has 0 saturated carbocycles. The molecule has 5 nitrogen and oxygen atoms in total. The SMILES string of the molecule is CC#N.O=S(=O)([O-])[O-].[Mn+2]. The van der Waals surface area contributed by atoms with Crippen molar-refractivity contribution in [2.75, 3.05) is 0 Å². The van der Waals surface area contributed by atoms with E-state index in [1.54, 1.807) is 6.07 Å². The molecule has 9 heavy (non-hydrogen) atoms. The quantitative estimate of drug-likeness (QED) is 0.283. The molecule has 0 amide bonds. The molecule has 0 aliphatic heterocycles. The predicted octanol–water partition coefficient (Wildman–Crippen LogP) is -0.811. The van der Waals surface area contributed by atoms with Crippen LogP contribution in [0.15, 0.2) is 0 Å². The normalized spacial score (nSPS) is 7.33. The van der Waals surface area contributed by atoms with Crippen LogP contribution in [-0.2, 0) is 27.5 Å². The molecule has 0 N–H and O–H groups in total. The van der Waals surface area contributed by atoms with Gasteiger partial charge in [0, 0.05) is 17.3 Å². The standard InChI is InChI=1S/C2H3N.Mn.H2O4S/c1-2-3;;1-5(2,3)4/h1H3;;(H2,1,2,3,4)/q;+2;/p-2. The molecule has 0 aromatic heterocycles. The maximum absolute atomic E-state index is 8.52. The Morgan fingerprint density at radius 2 is 1.44 bits per heavy atom. The summed E-state index contributed by atoms with van der Waals surface area (Å²) < 4.78 is 34.1. The van der Waals surface area contributed by atoms with Crippen LogP contribution in [0.3, 0.4) is 0 Å². The minimum Gasteiger partial charge on any atom is -0.759 e. The molecule has 0 aromatic rings. The molecule has 0 bridgehead atoms. The molecule has 0 saturated heterocycles. The molecule has 0 aliphatic rings. The van der Waals surface area contributed by atoms with E-state index in [9.17, 15) is 0 Å². The second-order valence-electron chi connectivity index (χ2n) is 0.632. The van der Waals surface area contributed by atoms with E-state index in [4.69, 9.17) is 22.8 Å². The Bertz CT molecular complexity index is 159. The van der Waals surface area contributed by atoms with Crippen molar-refractivity contribution in [1.82, 2.24) is 0 Å². The van der Waals surface area contributed by atoms with Crippen molar-refractivity contribution in [3.63, 3.8) is 0 Å². The number of nitriles is 1. The molecule has 0 aliphatic carbocycles. The Morgan fingerprint density at radius 3 is 1.44 bits per heavy atom. The smallest absolute Gasteiger partial charge is 0.759 e. The molecule has 53 valence electrons. The molecule has 0 unspecified atom stereocenters. The van der Waals surface area contributed by atoms with Crippen molar-refractivity contribution in [3.05, 3.63) is 0 Å². The first-order valence-electron chi connectivity index (χ1n) is 1.39. The first kappa shape index (κ1) is 15.9. The van der Waals surface area contributed by atoms with Gasteiger partial charge in [0.05, 0.1) is 6.07 Å². The summed E-state index contributed by atoms with van der Waals surface area (Å²) in [6.45, 7) is 1.43. The van der Waals surface area contributed by atoms with Gasteiger partial charge in [0.25, 0.3) is 0 Å². The number of nitrogens with zero attached hydrogens (tertiary/aromatic N) is 1. The molecule has 0 spiro atoms. The van der Waals surface area contributed by atoms with E-state index in [-0.39, 0.29) is 17.1 Å². The minimum absolute atomic E-state index is 0. The van der Waals surface area contributed by atoms with Gasteiger partial charge in [0.1, 0.15) is 0 Å². The van der Waals surface area contributed by atoms with Crippen molar-refractivity contribution in [2.45, 2.75) is 6.92 Å². The number of hydrogen-bond acceptors (Lipinski definition) is 5. The Morgan fingerprint density at radius 1 is 1.44 bits per heavy atom. The molecule has 0 rings (SSSR count). The fraction of sp³-hybridized carbons (Fsp3) is 0.500. The molecule has 0 atom stereocenters. The zero-order valence-corrected chi connectivity index (χ0v) is 6.36. The van der Waals surface area contributed by atoms with Crippen LogP contribution in [0.4, 0.5) is 0 Å². The van der Waals surface area contributed by atoms with E-state index >= 15 is 0 Å². The van der Waals surface area contributed by atoms with Crippen LogP contribution in [0.25, 0.3) is 0 Å². The van der Waals surface area contributed by atoms with Gasteiger partial charge in [0.15, 0.2) is 0 Å². The largest absolute Gasteiger partial charge is 2.00 e. The van der Waals surface area contributed by atoms with Crippen LogP contribution < -0.4 is 0 Å². The van der Waals surface area contributed by atoms with Crippen LogP contribution in [0, 0.1) is 11.3 Å². The first-order valence-corrected chi connectivity index (χ1v) is 2.72. The van der Waals surface area contributed by atoms with Gasteiger partial charge in [-0.1, -0.05) is 0 Å². The maximum Gasteiger partial charge on any atom is 2.00 e. The summed E-state index contributed by atoms with van der Waals surface area (Å²) in [6, 6.07) is 1.75. The molecule has 0 aromatic carbocycles. The number of rotatable bonds is 0. The topological polar surface area (TPSA) is 104 Å². The van der Waals surface area contributed by atoms with Gasteiger partial charge in [-0.3, -0.25) is 8.42 Å². The minimum atomic E-state index is -5.17. The second kappa shape index (κ2) is 7.88. The Hall–Kier alpha value is -0.121. The molecule has 0 heterocycles. The van der Waals surface area contributed by atoms with Crippen LogP contribution >= 0.6 is 0 Å². The third-order valence-electron chi connectivity index (χ3n) is 0. The zero-order chi connectivity index (χ0) is 7.21. The maximum atomic E-state index is 8.52. The molecule has 7 heteroatoms. The average molecular weight is 192 g/mol. The summed E-state index contributed by atoms with van der Waals surface area (Å²) in [7, 11) is -5.17. The summed E-state index contributed by atoms with van der Waals surface area (Å²) in [5.41, 5.74) is 0. The van der Waals surface area contributed by atoms with Gasteiger partial charge in [-0.2, -0.15) is 5.26 Å². The predicted molar refractivity (Wildman–Crippen MR) is 21.8 cm³/mol. The Labute approximate surface area is 63.7 Å². The summed E-state index contributed by atoms with van der Waals surface area (Å²) in [5.74, 6) is 0. The van der Waals surface area contributed by atoms with Crippen LogP contribution in [0.2, 0.25) is 0 Å². The van der Waals surface area contributed by atoms with E-state index in [0.717, 1.165) is 0 Å². The van der Waals surface area contributed by atoms with E-state index in [1.165, 1.54) is 6.92 Å². The fourth-order valence-electron chi connectivity index (χ4n) is 0. The summed E-state index contributed by atoms with van der Waals surface area (Å²) in [4.78, 5) is 0. The van der Waals surface area contributed by atoms with Crippen molar-refractivity contribution < 1.29 is 34.6 Å². The summed E-state index contributed by atoms with van der Waals surface area (Å²) >= 11 is 0. The van der Waals surface area contributed by atoms with E-state index in [0.29, 0.717) is 0 Å². The average Bonchev–Trinajstić information content (AvgIpc) is 1.27. The fourth-order valence-corrected chi connectivity index (χ4v) is 0. The second-order valence-corrected chi connectivity index (χ2v) is 1.45. The van der Waals surface area contributed by atoms with Crippen molar-refractivity contribution in [1.29, 1.82) is 5.26 Å². The molecular weight excluding hydrogens is 189 g/mol. The Kier molecular flexibility index (Phi) is 14.0. The molecule has 0 fully saturated rings. The van der Waals surface area contributed by atoms with Crippen molar-refractivity contribution in [3.8, 4) is 6.07 Å². The third-order valence-corrected chi connectivity index (χ3v) is 0. The van der Waals surface area contributed by atoms with Crippen LogP contribution in [-0.4, -0.2) is 17.5 Å². The molecule has 1 radical (unpaired) electrons. The number of hydrogen-bond donors (Lipinski definition) is 0. The van der Waals surface area contributed by atoms with Crippen LogP contribution in [0.5, 0.6) is 0 Å². The van der Waals surface area contributed by atoms with Crippen molar-refractivity contribution in [2.24, 2.45) is 0 Å². The third kappa shape index (κ3) is 18800. The van der Waals surface area contributed by atoms with E-state index in [2.05, 4.69) is 0 Å². The summed E-state index contributed by atoms with van der Waals surface area (Å²) in [5, 5.41) is 7.32. The van der Waals surface area contributed by atoms with Gasteiger partial charge in [-0.15, -0.1) is 0 Å². The zero-order valence-electron chi connectivity index (χ0n) is 4.37. The molecular formula is C2H3MnNO4S. The first-order chi connectivity index (χ1) is 3.41. The van der Waals surface area contributed by atoms with E-state index < -0.39 is 10.4 Å². The van der Waals surface area contributed by atoms with Gasteiger partial charge in [0.2, 0.25) is 0 Å². The van der Waals surface area contributed by atoms with Gasteiger partial charge in [-0.05, 0) is 0 Å². The van der Waals surface area contributed by atoms with Crippen LogP contribution in [0.1, 0.15) is 6.92 Å². The Balaban J connectivity index is -0.0000000800. The van der Waals surface area contributed by atoms with Gasteiger partial charge < -0.3 is 9.11 Å². The summed E-state index contributed by atoms with van der Waals surface area (Å²) in [6.07, 6.45) is 0. The van der Waals surface area contributed by atoms with E-state index in [1.807, 2.05) is 0 Å². The van der Waals surface area contributed by atoms with Crippen molar-refractivity contribution >= 4 is 10.4 Å².